The number of carbonyl (C=O) groups is 5. The number of hydrogen-bond acceptors (Lipinski definition) is 8. The molecule has 1 aromatic carbocycles. The van der Waals surface area contributed by atoms with Crippen molar-refractivity contribution in [2.75, 3.05) is 18.6 Å². The van der Waals surface area contributed by atoms with Crippen LogP contribution in [0.25, 0.3) is 0 Å². The van der Waals surface area contributed by atoms with Gasteiger partial charge in [-0.25, -0.2) is 4.79 Å². The first kappa shape index (κ1) is 33.2. The van der Waals surface area contributed by atoms with Crippen molar-refractivity contribution in [2.24, 2.45) is 27.9 Å². The predicted octanol–water partition coefficient (Wildman–Crippen LogP) is -2.22. The van der Waals surface area contributed by atoms with Gasteiger partial charge in [0.1, 0.15) is 18.1 Å². The molecule has 1 aromatic rings. The van der Waals surface area contributed by atoms with Gasteiger partial charge in [-0.05, 0) is 36.8 Å². The molecule has 0 aliphatic rings. The Labute approximate surface area is 231 Å². The van der Waals surface area contributed by atoms with Gasteiger partial charge in [-0.15, -0.1) is 0 Å². The molecule has 0 aliphatic carbocycles. The Hall–Kier alpha value is -3.85. The highest BCUT2D eigenvalue weighted by Crippen LogP contribution is 2.08. The zero-order chi connectivity index (χ0) is 29.4. The van der Waals surface area contributed by atoms with Gasteiger partial charge in [0.2, 0.25) is 23.6 Å². The summed E-state index contributed by atoms with van der Waals surface area (Å²) in [6, 6.07) is 4.20. The van der Waals surface area contributed by atoms with Crippen LogP contribution in [0.2, 0.25) is 0 Å². The van der Waals surface area contributed by atoms with E-state index in [4.69, 9.17) is 22.9 Å². The van der Waals surface area contributed by atoms with Gasteiger partial charge in [0.15, 0.2) is 5.96 Å². The number of amides is 4. The molecular weight excluding hydrogens is 528 g/mol. The Balaban J connectivity index is 3.04. The van der Waals surface area contributed by atoms with E-state index in [0.29, 0.717) is 12.2 Å². The number of rotatable bonds is 18. The van der Waals surface area contributed by atoms with Gasteiger partial charge < -0.3 is 44.0 Å². The minimum absolute atomic E-state index is 0.0722. The van der Waals surface area contributed by atoms with Crippen LogP contribution in [0.1, 0.15) is 31.2 Å². The van der Waals surface area contributed by atoms with Crippen LogP contribution in [0.3, 0.4) is 0 Å². The van der Waals surface area contributed by atoms with E-state index in [9.17, 15) is 29.1 Å². The summed E-state index contributed by atoms with van der Waals surface area (Å²) in [5.41, 5.74) is 22.4. The minimum atomic E-state index is -1.56. The summed E-state index contributed by atoms with van der Waals surface area (Å²) >= 11 is 1.41. The van der Waals surface area contributed by atoms with Crippen molar-refractivity contribution in [1.82, 2.24) is 16.0 Å². The van der Waals surface area contributed by atoms with Crippen LogP contribution in [0, 0.1) is 0 Å². The van der Waals surface area contributed by atoms with Gasteiger partial charge in [0.25, 0.3) is 0 Å². The summed E-state index contributed by atoms with van der Waals surface area (Å²) in [7, 11) is 0. The molecule has 0 spiro atoms. The molecule has 0 saturated carbocycles. The highest BCUT2D eigenvalue weighted by molar-refractivity contribution is 7.98. The maximum atomic E-state index is 13.3. The predicted molar refractivity (Wildman–Crippen MR) is 148 cm³/mol. The molecule has 39 heavy (non-hydrogen) atoms. The summed E-state index contributed by atoms with van der Waals surface area (Å²) in [5.74, 6) is -4.00. The molecule has 0 bridgehead atoms. The van der Waals surface area contributed by atoms with Crippen LogP contribution in [0.5, 0.6) is 0 Å². The van der Waals surface area contributed by atoms with Crippen molar-refractivity contribution in [2.45, 2.75) is 56.3 Å². The van der Waals surface area contributed by atoms with E-state index in [2.05, 4.69) is 20.9 Å². The molecule has 0 aromatic heterocycles. The van der Waals surface area contributed by atoms with Crippen LogP contribution < -0.4 is 38.9 Å². The lowest BCUT2D eigenvalue weighted by molar-refractivity contribution is -0.143. The molecule has 1 rings (SSSR count). The van der Waals surface area contributed by atoms with Crippen molar-refractivity contribution >= 4 is 47.3 Å². The Morgan fingerprint density at radius 3 is 2.05 bits per heavy atom. The number of benzene rings is 1. The summed E-state index contributed by atoms with van der Waals surface area (Å²) in [4.78, 5) is 65.5. The zero-order valence-corrected chi connectivity index (χ0v) is 22.6. The van der Waals surface area contributed by atoms with E-state index in [0.717, 1.165) is 5.56 Å². The Kier molecular flexibility index (Phi) is 15.0. The average molecular weight is 567 g/mol. The van der Waals surface area contributed by atoms with Crippen molar-refractivity contribution < 1.29 is 29.1 Å². The number of aliphatic imine (C=N–C) groups is 1. The maximum Gasteiger partial charge on any atom is 0.326 e. The number of carboxylic acid groups (broad SMARTS) is 1. The van der Waals surface area contributed by atoms with Crippen molar-refractivity contribution in [3.05, 3.63) is 35.9 Å². The monoisotopic (exact) mass is 566 g/mol. The van der Waals surface area contributed by atoms with E-state index >= 15 is 0 Å². The topological polar surface area (TPSA) is 258 Å². The van der Waals surface area contributed by atoms with E-state index in [1.807, 2.05) is 0 Å². The highest BCUT2D eigenvalue weighted by atomic mass is 32.2. The lowest BCUT2D eigenvalue weighted by Gasteiger charge is -2.25. The van der Waals surface area contributed by atoms with Gasteiger partial charge in [0.05, 0.1) is 12.5 Å². The molecule has 0 fully saturated rings. The van der Waals surface area contributed by atoms with E-state index in [1.165, 1.54) is 11.8 Å². The number of primary amides is 1. The number of nitrogens with two attached hydrogens (primary N) is 4. The van der Waals surface area contributed by atoms with Gasteiger partial charge in [-0.1, -0.05) is 30.3 Å². The minimum Gasteiger partial charge on any atom is -0.480 e. The SMILES string of the molecule is CSCCC(NC(=O)C(Cc1ccccc1)NC(=O)C(N)CCCN=C(N)N)C(=O)NC(CC(N)=O)C(=O)O. The second-order valence-electron chi connectivity index (χ2n) is 8.72. The van der Waals surface area contributed by atoms with Crippen molar-refractivity contribution in [1.29, 1.82) is 0 Å². The van der Waals surface area contributed by atoms with Gasteiger partial charge >= 0.3 is 5.97 Å². The average Bonchev–Trinajstić information content (AvgIpc) is 2.87. The van der Waals surface area contributed by atoms with Crippen LogP contribution in [0.15, 0.2) is 35.3 Å². The molecule has 0 aliphatic heterocycles. The number of nitrogens with zero attached hydrogens (tertiary/aromatic N) is 1. The van der Waals surface area contributed by atoms with Gasteiger partial charge in [-0.2, -0.15) is 11.8 Å². The third-order valence-electron chi connectivity index (χ3n) is 5.48. The summed E-state index contributed by atoms with van der Waals surface area (Å²) in [5, 5.41) is 16.8. The fourth-order valence-electron chi connectivity index (χ4n) is 3.44. The molecule has 4 unspecified atom stereocenters. The second kappa shape index (κ2) is 17.6. The molecule has 4 atom stereocenters. The summed E-state index contributed by atoms with van der Waals surface area (Å²) in [6.45, 7) is 0.288. The number of thioether (sulfide) groups is 1. The lowest BCUT2D eigenvalue weighted by Crippen LogP contribution is -2.58. The molecule has 0 radical (unpaired) electrons. The van der Waals surface area contributed by atoms with E-state index in [1.54, 1.807) is 36.6 Å². The number of nitrogens with one attached hydrogen (secondary N) is 3. The van der Waals surface area contributed by atoms with Crippen LogP contribution in [0.4, 0.5) is 0 Å². The quantitative estimate of drug-likeness (QED) is 0.0539. The number of aliphatic carboxylic acids is 1. The number of hydrogen-bond donors (Lipinski definition) is 8. The third-order valence-corrected chi connectivity index (χ3v) is 6.13. The number of carboxylic acids is 1. The normalized spacial score (nSPS) is 13.7. The van der Waals surface area contributed by atoms with Crippen LogP contribution in [-0.4, -0.2) is 83.4 Å². The summed E-state index contributed by atoms with van der Waals surface area (Å²) in [6.07, 6.45) is 2.16. The van der Waals surface area contributed by atoms with Crippen molar-refractivity contribution in [3.8, 4) is 0 Å². The first-order valence-corrected chi connectivity index (χ1v) is 13.6. The first-order chi connectivity index (χ1) is 18.4. The molecular formula is C24H38N8O6S. The number of carbonyl (C=O) groups excluding carboxylic acids is 4. The van der Waals surface area contributed by atoms with E-state index in [-0.39, 0.29) is 31.8 Å². The molecule has 0 saturated heterocycles. The number of guanidine groups is 1. The molecule has 12 N–H and O–H groups in total. The zero-order valence-electron chi connectivity index (χ0n) is 21.8. The van der Waals surface area contributed by atoms with Crippen LogP contribution >= 0.6 is 11.8 Å². The molecule has 4 amide bonds. The lowest BCUT2D eigenvalue weighted by atomic mass is 10.0. The van der Waals surface area contributed by atoms with E-state index < -0.39 is 60.2 Å². The molecule has 0 heterocycles. The van der Waals surface area contributed by atoms with Gasteiger partial charge in [-0.3, -0.25) is 24.2 Å². The first-order valence-electron chi connectivity index (χ1n) is 12.2. The fraction of sp³-hybridized carbons (Fsp3) is 0.500. The summed E-state index contributed by atoms with van der Waals surface area (Å²) < 4.78 is 0. The molecule has 216 valence electrons. The standard InChI is InChI=1S/C24H38N8O6S/c1-39-11-9-16(21(35)32-18(23(37)38)13-19(26)33)30-22(36)17(12-14-6-3-2-4-7-14)31-20(34)15(25)8-5-10-29-24(27)28/h2-4,6-7,15-18H,5,8-13,25H2,1H3,(H2,26,33)(H,30,36)(H,31,34)(H,32,35)(H,37,38)(H4,27,28,29). The Bertz CT molecular complexity index is 1010. The third kappa shape index (κ3) is 13.5. The fourth-order valence-corrected chi connectivity index (χ4v) is 3.91. The van der Waals surface area contributed by atoms with Crippen molar-refractivity contribution in [3.63, 3.8) is 0 Å². The molecule has 15 heteroatoms. The van der Waals surface area contributed by atoms with Gasteiger partial charge in [0, 0.05) is 13.0 Å². The smallest absolute Gasteiger partial charge is 0.326 e. The molecule has 14 nitrogen and oxygen atoms in total. The Morgan fingerprint density at radius 1 is 0.897 bits per heavy atom. The largest absolute Gasteiger partial charge is 0.480 e. The highest BCUT2D eigenvalue weighted by Gasteiger charge is 2.30. The second-order valence-corrected chi connectivity index (χ2v) is 9.70. The van der Waals surface area contributed by atoms with Crippen LogP contribution in [-0.2, 0) is 30.4 Å². The Morgan fingerprint density at radius 2 is 1.49 bits per heavy atom. The maximum absolute atomic E-state index is 13.3.